The van der Waals surface area contributed by atoms with Crippen LogP contribution in [0, 0.1) is 16.7 Å². The highest BCUT2D eigenvalue weighted by molar-refractivity contribution is 6.48. The van der Waals surface area contributed by atoms with Crippen molar-refractivity contribution >= 4 is 23.0 Å². The first-order valence-electron chi connectivity index (χ1n) is 10.9. The van der Waals surface area contributed by atoms with Gasteiger partial charge in [0, 0.05) is 61.7 Å². The molecule has 0 spiro atoms. The highest BCUT2D eigenvalue weighted by atomic mass is 19.3. The first-order valence-corrected chi connectivity index (χ1v) is 10.9. The van der Waals surface area contributed by atoms with Gasteiger partial charge >= 0.3 is 0 Å². The van der Waals surface area contributed by atoms with E-state index in [1.807, 2.05) is 17.0 Å². The van der Waals surface area contributed by atoms with E-state index in [0.717, 1.165) is 11.1 Å². The highest BCUT2D eigenvalue weighted by Crippen LogP contribution is 2.29. The van der Waals surface area contributed by atoms with Gasteiger partial charge in [0.05, 0.1) is 11.9 Å². The molecule has 178 valence electrons. The molecule has 3 heterocycles. The molecule has 0 unspecified atom stereocenters. The maximum atomic E-state index is 13.4. The number of nitriles is 1. The van der Waals surface area contributed by atoms with E-state index in [1.54, 1.807) is 30.6 Å². The van der Waals surface area contributed by atoms with Gasteiger partial charge in [-0.15, -0.1) is 0 Å². The Morgan fingerprint density at radius 3 is 2.60 bits per heavy atom. The standard InChI is InChI=1S/C25H23F2N7O/c26-25(27)5-7-34(8-6-25)15-16-9-18(13-31-12-16)17-1-4-22(29)21(10-17)23(30)24(35)33-20-3-2-19(11-28)32-14-20/h1-4,9-10,12-14,30H,5-8,15,29H2,(H,33,35). The predicted octanol–water partition coefficient (Wildman–Crippen LogP) is 3.84. The predicted molar refractivity (Wildman–Crippen MR) is 128 cm³/mol. The number of amides is 1. The summed E-state index contributed by atoms with van der Waals surface area (Å²) in [6.07, 6.45) is 4.41. The Morgan fingerprint density at radius 1 is 1.14 bits per heavy atom. The fraction of sp³-hybridized carbons (Fsp3) is 0.240. The zero-order chi connectivity index (χ0) is 25.0. The van der Waals surface area contributed by atoms with Gasteiger partial charge in [-0.1, -0.05) is 6.07 Å². The lowest BCUT2D eigenvalue weighted by Gasteiger charge is -2.31. The Bertz CT molecular complexity index is 1290. The first kappa shape index (κ1) is 23.9. The number of pyridine rings is 2. The van der Waals surface area contributed by atoms with Gasteiger partial charge in [0.15, 0.2) is 0 Å². The van der Waals surface area contributed by atoms with Gasteiger partial charge < -0.3 is 11.1 Å². The Kier molecular flexibility index (Phi) is 6.80. The minimum atomic E-state index is -2.59. The van der Waals surface area contributed by atoms with E-state index < -0.39 is 11.8 Å². The molecule has 0 radical (unpaired) electrons. The van der Waals surface area contributed by atoms with Gasteiger partial charge in [0.1, 0.15) is 17.5 Å². The molecule has 4 N–H and O–H groups in total. The zero-order valence-corrected chi connectivity index (χ0v) is 18.8. The van der Waals surface area contributed by atoms with Crippen LogP contribution in [0.2, 0.25) is 0 Å². The van der Waals surface area contributed by atoms with Crippen molar-refractivity contribution in [2.24, 2.45) is 0 Å². The van der Waals surface area contributed by atoms with Crippen LogP contribution in [0.3, 0.4) is 0 Å². The van der Waals surface area contributed by atoms with Gasteiger partial charge in [-0.2, -0.15) is 5.26 Å². The summed E-state index contributed by atoms with van der Waals surface area (Å²) >= 11 is 0. The van der Waals surface area contributed by atoms with Crippen molar-refractivity contribution in [1.29, 1.82) is 10.7 Å². The van der Waals surface area contributed by atoms with Crippen molar-refractivity contribution in [2.45, 2.75) is 25.3 Å². The topological polar surface area (TPSA) is 132 Å². The van der Waals surface area contributed by atoms with Crippen LogP contribution in [-0.4, -0.2) is 45.5 Å². The van der Waals surface area contributed by atoms with E-state index in [4.69, 9.17) is 16.4 Å². The molecule has 0 aliphatic carbocycles. The molecule has 1 amide bonds. The monoisotopic (exact) mass is 475 g/mol. The van der Waals surface area contributed by atoms with Gasteiger partial charge in [-0.25, -0.2) is 13.8 Å². The quantitative estimate of drug-likeness (QED) is 0.367. The Morgan fingerprint density at radius 2 is 1.91 bits per heavy atom. The summed E-state index contributed by atoms with van der Waals surface area (Å²) in [5.74, 6) is -3.27. The van der Waals surface area contributed by atoms with Crippen molar-refractivity contribution < 1.29 is 13.6 Å². The third-order valence-electron chi connectivity index (χ3n) is 5.81. The van der Waals surface area contributed by atoms with Crippen LogP contribution in [0.25, 0.3) is 11.1 Å². The molecule has 1 aliphatic rings. The summed E-state index contributed by atoms with van der Waals surface area (Å²) in [6, 6.07) is 11.8. The van der Waals surface area contributed by atoms with E-state index in [2.05, 4.69) is 15.3 Å². The number of carbonyl (C=O) groups is 1. The number of anilines is 2. The van der Waals surface area contributed by atoms with E-state index >= 15 is 0 Å². The summed E-state index contributed by atoms with van der Waals surface area (Å²) in [5, 5.41) is 19.8. The lowest BCUT2D eigenvalue weighted by atomic mass is 9.99. The average Bonchev–Trinajstić information content (AvgIpc) is 2.86. The van der Waals surface area contributed by atoms with Crippen LogP contribution >= 0.6 is 0 Å². The number of alkyl halides is 2. The minimum Gasteiger partial charge on any atom is -0.398 e. The number of benzene rings is 1. The number of rotatable bonds is 6. The average molecular weight is 476 g/mol. The van der Waals surface area contributed by atoms with Crippen LogP contribution < -0.4 is 11.1 Å². The van der Waals surface area contributed by atoms with Crippen molar-refractivity contribution in [1.82, 2.24) is 14.9 Å². The lowest BCUT2D eigenvalue weighted by Crippen LogP contribution is -2.38. The molecule has 1 saturated heterocycles. The molecule has 4 rings (SSSR count). The Hall–Kier alpha value is -4.23. The maximum absolute atomic E-state index is 13.4. The van der Waals surface area contributed by atoms with Crippen LogP contribution in [0.15, 0.2) is 55.0 Å². The number of carbonyl (C=O) groups excluding carboxylic acids is 1. The summed E-state index contributed by atoms with van der Waals surface area (Å²) < 4.78 is 26.9. The van der Waals surface area contributed by atoms with Gasteiger partial charge in [-0.05, 0) is 41.5 Å². The largest absolute Gasteiger partial charge is 0.398 e. The minimum absolute atomic E-state index is 0.149. The molecular weight excluding hydrogens is 452 g/mol. The first-order chi connectivity index (χ1) is 16.7. The number of nitrogen functional groups attached to an aromatic ring is 1. The number of hydrogen-bond donors (Lipinski definition) is 3. The zero-order valence-electron chi connectivity index (χ0n) is 18.8. The van der Waals surface area contributed by atoms with Gasteiger partial charge in [0.25, 0.3) is 11.8 Å². The van der Waals surface area contributed by atoms with Crippen LogP contribution in [0.5, 0.6) is 0 Å². The van der Waals surface area contributed by atoms with E-state index in [0.29, 0.717) is 30.9 Å². The third kappa shape index (κ3) is 5.83. The third-order valence-corrected chi connectivity index (χ3v) is 5.81. The molecule has 2 aromatic heterocycles. The molecule has 3 aromatic rings. The molecule has 0 saturated carbocycles. The van der Waals surface area contributed by atoms with Crippen LogP contribution in [-0.2, 0) is 11.3 Å². The van der Waals surface area contributed by atoms with E-state index in [-0.39, 0.29) is 35.5 Å². The summed E-state index contributed by atoms with van der Waals surface area (Å²) in [4.78, 5) is 22.8. The van der Waals surface area contributed by atoms with Crippen LogP contribution in [0.1, 0.15) is 29.7 Å². The van der Waals surface area contributed by atoms with E-state index in [1.165, 1.54) is 18.3 Å². The van der Waals surface area contributed by atoms with Gasteiger partial charge in [0.2, 0.25) is 0 Å². The van der Waals surface area contributed by atoms with Gasteiger partial charge in [-0.3, -0.25) is 20.1 Å². The molecule has 1 fully saturated rings. The van der Waals surface area contributed by atoms with Crippen molar-refractivity contribution in [3.05, 3.63) is 71.8 Å². The summed E-state index contributed by atoms with van der Waals surface area (Å²) in [5.41, 5.74) is 9.17. The normalized spacial score (nSPS) is 15.2. The Labute approximate surface area is 200 Å². The number of halogens is 2. The number of piperidine rings is 1. The van der Waals surface area contributed by atoms with E-state index in [9.17, 15) is 13.6 Å². The highest BCUT2D eigenvalue weighted by Gasteiger charge is 2.33. The Balaban J connectivity index is 1.49. The number of nitrogens with two attached hydrogens (primary N) is 1. The molecule has 0 atom stereocenters. The molecule has 0 bridgehead atoms. The SMILES string of the molecule is N#Cc1ccc(NC(=O)C(=N)c2cc(-c3cncc(CN4CCC(F)(F)CC4)c3)ccc2N)cn1. The number of nitrogens with one attached hydrogen (secondary N) is 2. The van der Waals surface area contributed by atoms with Crippen molar-refractivity contribution in [3.63, 3.8) is 0 Å². The number of hydrogen-bond acceptors (Lipinski definition) is 7. The van der Waals surface area contributed by atoms with Crippen LogP contribution in [0.4, 0.5) is 20.2 Å². The maximum Gasteiger partial charge on any atom is 0.274 e. The molecular formula is C25H23F2N7O. The molecule has 1 aliphatic heterocycles. The smallest absolute Gasteiger partial charge is 0.274 e. The fourth-order valence-electron chi connectivity index (χ4n) is 3.83. The fourth-order valence-corrected chi connectivity index (χ4v) is 3.83. The second-order valence-corrected chi connectivity index (χ2v) is 8.39. The number of nitrogens with zero attached hydrogens (tertiary/aromatic N) is 4. The molecule has 35 heavy (non-hydrogen) atoms. The molecule has 10 heteroatoms. The lowest BCUT2D eigenvalue weighted by molar-refractivity contribution is -0.110. The number of likely N-dealkylation sites (tertiary alicyclic amines) is 1. The summed E-state index contributed by atoms with van der Waals surface area (Å²) in [7, 11) is 0. The molecule has 8 nitrogen and oxygen atoms in total. The van der Waals surface area contributed by atoms with Crippen molar-refractivity contribution in [3.8, 4) is 17.2 Å². The summed E-state index contributed by atoms with van der Waals surface area (Å²) in [6.45, 7) is 1.16. The number of aromatic nitrogens is 2. The molecule has 1 aromatic carbocycles. The second-order valence-electron chi connectivity index (χ2n) is 8.39. The van der Waals surface area contributed by atoms with Crippen molar-refractivity contribution in [2.75, 3.05) is 24.1 Å². The second kappa shape index (κ2) is 9.95.